The molecule has 0 fully saturated rings. The first kappa shape index (κ1) is 19.6. The predicted molar refractivity (Wildman–Crippen MR) is 107 cm³/mol. The predicted octanol–water partition coefficient (Wildman–Crippen LogP) is 4.14. The Morgan fingerprint density at radius 1 is 1.24 bits per heavy atom. The first-order valence-corrected chi connectivity index (χ1v) is 9.27. The van der Waals surface area contributed by atoms with Crippen LogP contribution in [0, 0.1) is 12.8 Å². The van der Waals surface area contributed by atoms with Crippen LogP contribution in [0.3, 0.4) is 0 Å². The second-order valence-electron chi connectivity index (χ2n) is 6.82. The van der Waals surface area contributed by atoms with Crippen molar-refractivity contribution in [3.63, 3.8) is 0 Å². The topological polar surface area (TPSA) is 45.2 Å². The molecule has 0 radical (unpaired) electrons. The number of benzene rings is 1. The summed E-state index contributed by atoms with van der Waals surface area (Å²) in [6.45, 7) is 6.82. The molecule has 2 rings (SSSR count). The maximum Gasteiger partial charge on any atom is 0.253 e. The average molecular weight is 404 g/mol. The number of aryl methyl sites for hydroxylation is 1. The van der Waals surface area contributed by atoms with Crippen molar-refractivity contribution in [1.29, 1.82) is 0 Å². The Kier molecular flexibility index (Phi) is 6.73. The van der Waals surface area contributed by atoms with Crippen LogP contribution in [0.15, 0.2) is 40.9 Å². The fourth-order valence-corrected chi connectivity index (χ4v) is 3.32. The smallest absolute Gasteiger partial charge is 0.253 e. The number of hydrogen-bond donors (Lipinski definition) is 1. The molecule has 0 bridgehead atoms. The van der Waals surface area contributed by atoms with Gasteiger partial charge in [0, 0.05) is 22.6 Å². The summed E-state index contributed by atoms with van der Waals surface area (Å²) in [5.74, 6) is 0.395. The molecule has 1 heterocycles. The fraction of sp³-hybridized carbons (Fsp3) is 0.400. The van der Waals surface area contributed by atoms with Gasteiger partial charge < -0.3 is 10.2 Å². The van der Waals surface area contributed by atoms with E-state index in [-0.39, 0.29) is 5.91 Å². The van der Waals surface area contributed by atoms with E-state index in [9.17, 15) is 4.79 Å². The van der Waals surface area contributed by atoms with Gasteiger partial charge in [-0.1, -0.05) is 41.9 Å². The highest BCUT2D eigenvalue weighted by Crippen LogP contribution is 2.22. The molecular weight excluding hydrogens is 378 g/mol. The van der Waals surface area contributed by atoms with Gasteiger partial charge in [-0.25, -0.2) is 0 Å². The molecule has 4 nitrogen and oxygen atoms in total. The Balaban J connectivity index is 2.13. The Morgan fingerprint density at radius 2 is 1.96 bits per heavy atom. The van der Waals surface area contributed by atoms with E-state index in [2.05, 4.69) is 45.0 Å². The number of nitrogens with one attached hydrogen (secondary N) is 1. The van der Waals surface area contributed by atoms with Crippen LogP contribution in [0.25, 0.3) is 11.3 Å². The van der Waals surface area contributed by atoms with E-state index in [1.165, 1.54) is 0 Å². The summed E-state index contributed by atoms with van der Waals surface area (Å²) in [6.07, 6.45) is 0. The third kappa shape index (κ3) is 5.13. The summed E-state index contributed by atoms with van der Waals surface area (Å²) in [6, 6.07) is 12.0. The number of carbonyl (C=O) groups excluding carboxylic acids is 1. The van der Waals surface area contributed by atoms with Crippen LogP contribution in [-0.4, -0.2) is 42.5 Å². The van der Waals surface area contributed by atoms with Gasteiger partial charge >= 0.3 is 0 Å². The molecule has 0 saturated carbocycles. The summed E-state index contributed by atoms with van der Waals surface area (Å²) >= 11 is 3.48. The number of nitrogens with zero attached hydrogens (tertiary/aromatic N) is 2. The molecule has 0 aliphatic heterocycles. The lowest BCUT2D eigenvalue weighted by Gasteiger charge is -2.28. The van der Waals surface area contributed by atoms with Gasteiger partial charge in [0.15, 0.2) is 0 Å². The summed E-state index contributed by atoms with van der Waals surface area (Å²) in [5.41, 5.74) is 3.25. The molecule has 134 valence electrons. The highest BCUT2D eigenvalue weighted by molar-refractivity contribution is 9.10. The number of aromatic nitrogens is 1. The van der Waals surface area contributed by atoms with Crippen molar-refractivity contribution in [2.75, 3.05) is 20.6 Å². The summed E-state index contributed by atoms with van der Waals surface area (Å²) in [4.78, 5) is 19.3. The van der Waals surface area contributed by atoms with Gasteiger partial charge in [0.1, 0.15) is 0 Å². The number of likely N-dealkylation sites (N-methyl/N-ethyl adjacent to an activating group) is 1. The van der Waals surface area contributed by atoms with Gasteiger partial charge in [0.2, 0.25) is 0 Å². The number of carbonyl (C=O) groups is 1. The molecule has 1 aromatic heterocycles. The maximum absolute atomic E-state index is 12.5. The summed E-state index contributed by atoms with van der Waals surface area (Å²) < 4.78 is 1.01. The quantitative estimate of drug-likeness (QED) is 0.787. The van der Waals surface area contributed by atoms with Gasteiger partial charge in [-0.05, 0) is 51.2 Å². The lowest BCUT2D eigenvalue weighted by molar-refractivity contribution is 0.0933. The monoisotopic (exact) mass is 403 g/mol. The molecule has 5 heteroatoms. The van der Waals surface area contributed by atoms with Crippen molar-refractivity contribution >= 4 is 21.8 Å². The number of rotatable bonds is 6. The molecule has 1 atom stereocenters. The van der Waals surface area contributed by atoms with Crippen molar-refractivity contribution in [2.45, 2.75) is 26.8 Å². The van der Waals surface area contributed by atoms with Crippen molar-refractivity contribution in [2.24, 2.45) is 5.92 Å². The highest BCUT2D eigenvalue weighted by atomic mass is 79.9. The molecule has 25 heavy (non-hydrogen) atoms. The van der Waals surface area contributed by atoms with Crippen LogP contribution >= 0.6 is 15.9 Å². The molecular formula is C20H26BrN3O. The van der Waals surface area contributed by atoms with Gasteiger partial charge in [-0.2, -0.15) is 0 Å². The van der Waals surface area contributed by atoms with E-state index in [1.54, 1.807) is 0 Å². The summed E-state index contributed by atoms with van der Waals surface area (Å²) in [5, 5.41) is 3.04. The largest absolute Gasteiger partial charge is 0.350 e. The summed E-state index contributed by atoms with van der Waals surface area (Å²) in [7, 11) is 4.08. The Labute approximate surface area is 158 Å². The fourth-order valence-electron chi connectivity index (χ4n) is 2.92. The van der Waals surface area contributed by atoms with E-state index in [4.69, 9.17) is 0 Å². The number of halogens is 1. The minimum Gasteiger partial charge on any atom is -0.350 e. The number of amides is 1. The highest BCUT2D eigenvalue weighted by Gasteiger charge is 2.18. The molecule has 2 aromatic rings. The van der Waals surface area contributed by atoms with E-state index in [0.29, 0.717) is 24.1 Å². The van der Waals surface area contributed by atoms with Crippen LogP contribution in [0.2, 0.25) is 0 Å². The van der Waals surface area contributed by atoms with Gasteiger partial charge in [-0.3, -0.25) is 9.78 Å². The Morgan fingerprint density at radius 3 is 2.52 bits per heavy atom. The minimum atomic E-state index is -0.0710. The standard InChI is InChI=1S/C20H26BrN3O/c1-13(2)19(24(4)5)12-22-20(25)17-9-10-18(23-14(17)3)15-7-6-8-16(21)11-15/h6-11,13,19H,12H2,1-5H3,(H,22,25). The van der Waals surface area contributed by atoms with Crippen molar-refractivity contribution in [3.8, 4) is 11.3 Å². The lowest BCUT2D eigenvalue weighted by atomic mass is 10.0. The third-order valence-electron chi connectivity index (χ3n) is 4.36. The number of hydrogen-bond acceptors (Lipinski definition) is 3. The second-order valence-corrected chi connectivity index (χ2v) is 7.74. The van der Waals surface area contributed by atoms with E-state index in [0.717, 1.165) is 21.4 Å². The van der Waals surface area contributed by atoms with Crippen molar-refractivity contribution in [3.05, 3.63) is 52.1 Å². The molecule has 1 amide bonds. The van der Waals surface area contributed by atoms with E-state index >= 15 is 0 Å². The maximum atomic E-state index is 12.5. The zero-order valence-electron chi connectivity index (χ0n) is 15.5. The molecule has 1 unspecified atom stereocenters. The average Bonchev–Trinajstić information content (AvgIpc) is 2.54. The molecule has 0 spiro atoms. The Bertz CT molecular complexity index is 735. The zero-order chi connectivity index (χ0) is 18.6. The van der Waals surface area contributed by atoms with Crippen LogP contribution < -0.4 is 5.32 Å². The molecule has 1 aromatic carbocycles. The van der Waals surface area contributed by atoms with Crippen molar-refractivity contribution < 1.29 is 4.79 Å². The first-order valence-electron chi connectivity index (χ1n) is 8.47. The molecule has 0 saturated heterocycles. The third-order valence-corrected chi connectivity index (χ3v) is 4.85. The second kappa shape index (κ2) is 8.59. The normalized spacial score (nSPS) is 12.5. The molecule has 0 aliphatic carbocycles. The molecule has 1 N–H and O–H groups in total. The van der Waals surface area contributed by atoms with Gasteiger partial charge in [0.25, 0.3) is 5.91 Å². The lowest BCUT2D eigenvalue weighted by Crippen LogP contribution is -2.43. The Hall–Kier alpha value is -1.72. The molecule has 0 aliphatic rings. The van der Waals surface area contributed by atoms with Crippen molar-refractivity contribution in [1.82, 2.24) is 15.2 Å². The van der Waals surface area contributed by atoms with Gasteiger partial charge in [0.05, 0.1) is 17.0 Å². The van der Waals surface area contributed by atoms with Crippen LogP contribution in [0.4, 0.5) is 0 Å². The van der Waals surface area contributed by atoms with Crippen LogP contribution in [0.5, 0.6) is 0 Å². The first-order chi connectivity index (χ1) is 11.8. The van der Waals surface area contributed by atoms with Gasteiger partial charge in [-0.15, -0.1) is 0 Å². The number of pyridine rings is 1. The minimum absolute atomic E-state index is 0.0710. The zero-order valence-corrected chi connectivity index (χ0v) is 17.1. The van der Waals surface area contributed by atoms with Crippen LogP contribution in [-0.2, 0) is 0 Å². The van der Waals surface area contributed by atoms with E-state index in [1.807, 2.05) is 57.4 Å². The SMILES string of the molecule is Cc1nc(-c2cccc(Br)c2)ccc1C(=O)NCC(C(C)C)N(C)C. The van der Waals surface area contributed by atoms with Crippen LogP contribution in [0.1, 0.15) is 29.9 Å². The van der Waals surface area contributed by atoms with E-state index < -0.39 is 0 Å².